The lowest BCUT2D eigenvalue weighted by atomic mass is 10.2. The number of benzene rings is 2. The summed E-state index contributed by atoms with van der Waals surface area (Å²) in [4.78, 5) is 18.6. The molecule has 0 unspecified atom stereocenters. The Balaban J connectivity index is 2.00. The first-order chi connectivity index (χ1) is 12.1. The summed E-state index contributed by atoms with van der Waals surface area (Å²) in [6.45, 7) is 1.74. The van der Waals surface area contributed by atoms with Crippen LogP contribution in [0.15, 0.2) is 65.3 Å². The number of amides is 1. The van der Waals surface area contributed by atoms with Crippen molar-refractivity contribution in [2.24, 2.45) is 4.99 Å². The Bertz CT molecular complexity index is 885. The largest absolute Gasteiger partial charge is 0.283 e. The van der Waals surface area contributed by atoms with Crippen LogP contribution in [-0.2, 0) is 4.79 Å². The van der Waals surface area contributed by atoms with Crippen molar-refractivity contribution in [2.45, 2.75) is 12.2 Å². The molecule has 1 heterocycles. The fourth-order valence-corrected chi connectivity index (χ4v) is 3.10. The molecule has 0 spiro atoms. The van der Waals surface area contributed by atoms with Crippen molar-refractivity contribution in [1.29, 1.82) is 5.26 Å². The van der Waals surface area contributed by atoms with Crippen LogP contribution in [0.1, 0.15) is 12.5 Å². The molecule has 3 rings (SSSR count). The van der Waals surface area contributed by atoms with Crippen LogP contribution in [0, 0.1) is 17.1 Å². The molecule has 0 saturated carbocycles. The molecule has 1 amide bonds. The van der Waals surface area contributed by atoms with Gasteiger partial charge in [-0.05, 0) is 42.8 Å². The van der Waals surface area contributed by atoms with Gasteiger partial charge in [0.25, 0.3) is 5.91 Å². The Labute approximate surface area is 149 Å². The first kappa shape index (κ1) is 16.9. The van der Waals surface area contributed by atoms with Gasteiger partial charge in [0.15, 0.2) is 5.17 Å². The average Bonchev–Trinajstić information content (AvgIpc) is 2.92. The predicted molar refractivity (Wildman–Crippen MR) is 98.4 cm³/mol. The van der Waals surface area contributed by atoms with Crippen LogP contribution in [0.25, 0.3) is 6.08 Å². The zero-order valence-electron chi connectivity index (χ0n) is 13.4. The monoisotopic (exact) mass is 351 g/mol. The third-order valence-electron chi connectivity index (χ3n) is 3.48. The molecule has 1 aliphatic rings. The zero-order chi connectivity index (χ0) is 17.8. The number of hydrogen-bond donors (Lipinski definition) is 0. The summed E-state index contributed by atoms with van der Waals surface area (Å²) < 4.78 is 13.2. The molecular weight excluding hydrogens is 337 g/mol. The van der Waals surface area contributed by atoms with Crippen LogP contribution in [-0.4, -0.2) is 16.3 Å². The average molecular weight is 351 g/mol. The second-order valence-corrected chi connectivity index (χ2v) is 6.65. The number of carbonyl (C=O) groups is 1. The Morgan fingerprint density at radius 3 is 2.52 bits per heavy atom. The summed E-state index contributed by atoms with van der Waals surface area (Å²) >= 11 is 1.19. The number of rotatable bonds is 3. The lowest BCUT2D eigenvalue weighted by Crippen LogP contribution is -2.31. The van der Waals surface area contributed by atoms with E-state index < -0.39 is 0 Å². The van der Waals surface area contributed by atoms with E-state index in [0.717, 1.165) is 5.56 Å². The zero-order valence-corrected chi connectivity index (χ0v) is 14.2. The summed E-state index contributed by atoms with van der Waals surface area (Å²) in [5.74, 6) is -0.685. The lowest BCUT2D eigenvalue weighted by Gasteiger charge is -2.18. The molecule has 0 bridgehead atoms. The van der Waals surface area contributed by atoms with Gasteiger partial charge in [0.1, 0.15) is 11.5 Å². The Morgan fingerprint density at radius 1 is 1.20 bits per heavy atom. The van der Waals surface area contributed by atoms with Gasteiger partial charge in [0.05, 0.1) is 17.0 Å². The third-order valence-corrected chi connectivity index (χ3v) is 4.43. The highest BCUT2D eigenvalue weighted by Crippen LogP contribution is 2.31. The highest BCUT2D eigenvalue weighted by Gasteiger charge is 2.33. The third kappa shape index (κ3) is 3.78. The number of anilines is 1. The van der Waals surface area contributed by atoms with Gasteiger partial charge >= 0.3 is 0 Å². The molecule has 6 heteroatoms. The SMILES string of the molecule is C[C@@H](C#N)SC1=N/C(=C\c2ccccc2)C(=O)N1c1ccc(F)cc1. The normalized spacial score (nSPS) is 16.7. The Kier molecular flexibility index (Phi) is 4.96. The molecule has 124 valence electrons. The molecule has 4 nitrogen and oxygen atoms in total. The van der Waals surface area contributed by atoms with Gasteiger partial charge in [-0.25, -0.2) is 9.38 Å². The topological polar surface area (TPSA) is 56.5 Å². The number of amidine groups is 1. The molecule has 0 saturated heterocycles. The minimum Gasteiger partial charge on any atom is -0.266 e. The van der Waals surface area contributed by atoms with Gasteiger partial charge in [-0.15, -0.1) is 0 Å². The van der Waals surface area contributed by atoms with E-state index in [1.54, 1.807) is 13.0 Å². The molecule has 1 aliphatic heterocycles. The highest BCUT2D eigenvalue weighted by molar-refractivity contribution is 8.15. The molecule has 0 N–H and O–H groups in total. The van der Waals surface area contributed by atoms with Gasteiger partial charge in [0.2, 0.25) is 0 Å². The molecular formula is C19H14FN3OS. The number of nitrogens with zero attached hydrogens (tertiary/aromatic N) is 3. The number of aliphatic imine (C=N–C) groups is 1. The van der Waals surface area contributed by atoms with Crippen LogP contribution < -0.4 is 4.90 Å². The minimum atomic E-state index is -0.382. The molecule has 1 atom stereocenters. The van der Waals surface area contributed by atoms with E-state index in [0.29, 0.717) is 10.9 Å². The number of hydrogen-bond acceptors (Lipinski definition) is 4. The molecule has 2 aromatic carbocycles. The molecule has 25 heavy (non-hydrogen) atoms. The van der Waals surface area contributed by atoms with E-state index >= 15 is 0 Å². The number of nitriles is 1. The molecule has 2 aromatic rings. The lowest BCUT2D eigenvalue weighted by molar-refractivity contribution is -0.113. The van der Waals surface area contributed by atoms with Crippen LogP contribution in [0.4, 0.5) is 10.1 Å². The summed E-state index contributed by atoms with van der Waals surface area (Å²) in [6.07, 6.45) is 1.70. The van der Waals surface area contributed by atoms with Crippen molar-refractivity contribution >= 4 is 34.6 Å². The van der Waals surface area contributed by atoms with E-state index in [-0.39, 0.29) is 22.7 Å². The molecule has 0 radical (unpaired) electrons. The molecule has 0 aliphatic carbocycles. The first-order valence-corrected chi connectivity index (χ1v) is 8.48. The fraction of sp³-hybridized carbons (Fsp3) is 0.105. The first-order valence-electron chi connectivity index (χ1n) is 7.60. The molecule has 0 fully saturated rings. The quantitative estimate of drug-likeness (QED) is 0.778. The van der Waals surface area contributed by atoms with Crippen LogP contribution in [0.2, 0.25) is 0 Å². The van der Waals surface area contributed by atoms with Crippen molar-refractivity contribution in [2.75, 3.05) is 4.90 Å². The second kappa shape index (κ2) is 7.32. The summed E-state index contributed by atoms with van der Waals surface area (Å²) in [5.41, 5.74) is 1.65. The smallest absolute Gasteiger partial charge is 0.266 e. The maximum atomic E-state index is 13.2. The van der Waals surface area contributed by atoms with Crippen molar-refractivity contribution in [3.63, 3.8) is 0 Å². The number of thioether (sulfide) groups is 1. The number of carbonyl (C=O) groups excluding carboxylic acids is 1. The van der Waals surface area contributed by atoms with Crippen LogP contribution in [0.5, 0.6) is 0 Å². The Morgan fingerprint density at radius 2 is 1.88 bits per heavy atom. The van der Waals surface area contributed by atoms with E-state index in [9.17, 15) is 9.18 Å². The maximum absolute atomic E-state index is 13.2. The van der Waals surface area contributed by atoms with E-state index in [1.165, 1.54) is 40.9 Å². The highest BCUT2D eigenvalue weighted by atomic mass is 32.2. The summed E-state index contributed by atoms with van der Waals surface area (Å²) in [7, 11) is 0. The van der Waals surface area contributed by atoms with Gasteiger partial charge in [-0.1, -0.05) is 42.1 Å². The van der Waals surface area contributed by atoms with E-state index in [1.807, 2.05) is 30.3 Å². The van der Waals surface area contributed by atoms with Crippen molar-refractivity contribution in [1.82, 2.24) is 0 Å². The fourth-order valence-electron chi connectivity index (χ4n) is 2.28. The van der Waals surface area contributed by atoms with Gasteiger partial charge in [0, 0.05) is 0 Å². The van der Waals surface area contributed by atoms with Crippen molar-refractivity contribution < 1.29 is 9.18 Å². The van der Waals surface area contributed by atoms with Crippen molar-refractivity contribution in [3.8, 4) is 6.07 Å². The predicted octanol–water partition coefficient (Wildman–Crippen LogP) is 4.21. The number of halogens is 1. The van der Waals surface area contributed by atoms with Crippen LogP contribution >= 0.6 is 11.8 Å². The maximum Gasteiger partial charge on any atom is 0.283 e. The van der Waals surface area contributed by atoms with Gasteiger partial charge in [-0.2, -0.15) is 5.26 Å². The summed E-state index contributed by atoms with van der Waals surface area (Å²) in [6, 6.07) is 17.1. The summed E-state index contributed by atoms with van der Waals surface area (Å²) in [5, 5.41) is 9.10. The van der Waals surface area contributed by atoms with Gasteiger partial charge in [-0.3, -0.25) is 9.69 Å². The van der Waals surface area contributed by atoms with E-state index in [4.69, 9.17) is 5.26 Å². The van der Waals surface area contributed by atoms with E-state index in [2.05, 4.69) is 11.1 Å². The standard InChI is InChI=1S/C19H14FN3OS/c1-13(12-21)25-19-22-17(11-14-5-3-2-4-6-14)18(24)23(19)16-9-7-15(20)8-10-16/h2-11,13H,1H3/b17-11-/t13-/m0/s1. The van der Waals surface area contributed by atoms with Gasteiger partial charge < -0.3 is 0 Å². The second-order valence-electron chi connectivity index (χ2n) is 5.34. The van der Waals surface area contributed by atoms with Crippen molar-refractivity contribution in [3.05, 3.63) is 71.7 Å². The van der Waals surface area contributed by atoms with Crippen LogP contribution in [0.3, 0.4) is 0 Å². The minimum absolute atomic E-state index is 0.281. The molecule has 0 aromatic heterocycles. The Hall–Kier alpha value is -2.91.